The number of allylic oxidation sites excluding steroid dienone is 1. The van der Waals surface area contributed by atoms with Gasteiger partial charge in [-0.05, 0) is 59.7 Å². The Morgan fingerprint density at radius 1 is 1.24 bits per heavy atom. The van der Waals surface area contributed by atoms with E-state index in [9.17, 15) is 4.79 Å². The van der Waals surface area contributed by atoms with Crippen LogP contribution >= 0.6 is 11.3 Å². The Balaban J connectivity index is 0.00000158. The van der Waals surface area contributed by atoms with Crippen molar-refractivity contribution in [3.8, 4) is 0 Å². The molecule has 1 aliphatic heterocycles. The van der Waals surface area contributed by atoms with Gasteiger partial charge in [-0.2, -0.15) is 0 Å². The SMILES string of the molecule is CC.CNC(=O)Nc1ccc2c(c1)CN(c1ncc(Cc3ccc(N=C/C=C\N)cc3)s1)CC2.[HH].[HH]. The van der Waals surface area contributed by atoms with Gasteiger partial charge < -0.3 is 21.3 Å². The maximum atomic E-state index is 11.6. The van der Waals surface area contributed by atoms with Gasteiger partial charge in [0.15, 0.2) is 5.13 Å². The smallest absolute Gasteiger partial charge is 0.318 e. The number of aliphatic imine (C=N–C) groups is 1. The number of urea groups is 1. The standard InChI is InChI=1S/C24H26N6OS.C2H6.2H2/c1-26-23(31)29-21-8-5-18-9-12-30(16-19(18)14-21)24-28-15-22(32-24)13-17-3-6-20(7-4-17)27-11-2-10-25;1-2;;/h2-8,10-11,14-15H,9,12-13,16,25H2,1H3,(H2,26,29,31);1-2H3;2*1H/b10-2-,27-11?;;;. The topological polar surface area (TPSA) is 95.6 Å². The third-order valence-corrected chi connectivity index (χ3v) is 6.31. The average molecular weight is 481 g/mol. The molecule has 0 radical (unpaired) electrons. The maximum absolute atomic E-state index is 11.6. The number of anilines is 2. The van der Waals surface area contributed by atoms with Gasteiger partial charge in [0.2, 0.25) is 0 Å². The van der Waals surface area contributed by atoms with E-state index in [-0.39, 0.29) is 8.88 Å². The lowest BCUT2D eigenvalue weighted by atomic mass is 9.99. The number of thiazole rings is 1. The molecule has 2 amide bonds. The second-order valence-corrected chi connectivity index (χ2v) is 8.57. The van der Waals surface area contributed by atoms with Crippen LogP contribution in [0.2, 0.25) is 0 Å². The molecule has 34 heavy (non-hydrogen) atoms. The van der Waals surface area contributed by atoms with Gasteiger partial charge in [0.05, 0.1) is 5.69 Å². The third-order valence-electron chi connectivity index (χ3n) is 5.25. The van der Waals surface area contributed by atoms with Crippen molar-refractivity contribution < 1.29 is 7.65 Å². The van der Waals surface area contributed by atoms with Crippen LogP contribution in [-0.2, 0) is 19.4 Å². The number of aromatic nitrogens is 1. The molecule has 8 heteroatoms. The van der Waals surface area contributed by atoms with Gasteiger partial charge in [-0.25, -0.2) is 9.78 Å². The fourth-order valence-corrected chi connectivity index (χ4v) is 4.57. The summed E-state index contributed by atoms with van der Waals surface area (Å²) < 4.78 is 0. The van der Waals surface area contributed by atoms with Crippen LogP contribution in [-0.4, -0.2) is 30.8 Å². The van der Waals surface area contributed by atoms with Crippen molar-refractivity contribution in [2.75, 3.05) is 23.8 Å². The summed E-state index contributed by atoms with van der Waals surface area (Å²) in [5.41, 5.74) is 10.8. The van der Waals surface area contributed by atoms with Crippen molar-refractivity contribution in [2.45, 2.75) is 33.2 Å². The minimum absolute atomic E-state index is 0. The van der Waals surface area contributed by atoms with Crippen molar-refractivity contribution in [1.82, 2.24) is 10.3 Å². The zero-order valence-electron chi connectivity index (χ0n) is 19.9. The third kappa shape index (κ3) is 6.68. The van der Waals surface area contributed by atoms with E-state index in [1.807, 2.05) is 38.2 Å². The Morgan fingerprint density at radius 2 is 2.03 bits per heavy atom. The highest BCUT2D eigenvalue weighted by atomic mass is 32.1. The van der Waals surface area contributed by atoms with Crippen LogP contribution in [0.4, 0.5) is 21.3 Å². The molecule has 1 aromatic heterocycles. The summed E-state index contributed by atoms with van der Waals surface area (Å²) in [6.45, 7) is 5.72. The first-order valence-electron chi connectivity index (χ1n) is 11.4. The Kier molecular flexibility index (Phi) is 9.22. The lowest BCUT2D eigenvalue weighted by molar-refractivity contribution is 0.254. The van der Waals surface area contributed by atoms with Crippen LogP contribution < -0.4 is 21.3 Å². The van der Waals surface area contributed by atoms with Gasteiger partial charge in [-0.15, -0.1) is 11.3 Å². The number of amides is 2. The molecule has 182 valence electrons. The highest BCUT2D eigenvalue weighted by molar-refractivity contribution is 7.15. The molecule has 0 unspecified atom stereocenters. The van der Waals surface area contributed by atoms with Crippen molar-refractivity contribution in [3.05, 3.63) is 82.5 Å². The fraction of sp³-hybridized carbons (Fsp3) is 0.269. The monoisotopic (exact) mass is 480 g/mol. The van der Waals surface area contributed by atoms with Crippen LogP contribution in [0, 0.1) is 0 Å². The molecule has 4 N–H and O–H groups in total. The summed E-state index contributed by atoms with van der Waals surface area (Å²) in [5, 5.41) is 6.46. The normalized spacial score (nSPS) is 12.9. The Bertz CT molecular complexity index is 1150. The van der Waals surface area contributed by atoms with E-state index in [0.29, 0.717) is 0 Å². The quantitative estimate of drug-likeness (QED) is 0.392. The number of nitrogens with two attached hydrogens (primary N) is 1. The molecule has 4 rings (SSSR count). The van der Waals surface area contributed by atoms with Crippen molar-refractivity contribution in [2.24, 2.45) is 10.7 Å². The maximum Gasteiger partial charge on any atom is 0.318 e. The van der Waals surface area contributed by atoms with E-state index in [1.165, 1.54) is 27.8 Å². The van der Waals surface area contributed by atoms with Gasteiger partial charge in [0.25, 0.3) is 0 Å². The predicted molar refractivity (Wildman–Crippen MR) is 148 cm³/mol. The van der Waals surface area contributed by atoms with E-state index in [1.54, 1.807) is 30.7 Å². The van der Waals surface area contributed by atoms with Crippen molar-refractivity contribution >= 4 is 40.1 Å². The molecule has 7 nitrogen and oxygen atoms in total. The number of carbonyl (C=O) groups is 1. The molecular formula is C26H36N6OS. The Morgan fingerprint density at radius 3 is 2.76 bits per heavy atom. The minimum atomic E-state index is -0.214. The molecule has 3 aromatic rings. The van der Waals surface area contributed by atoms with E-state index in [4.69, 9.17) is 5.73 Å². The molecule has 0 saturated carbocycles. The zero-order chi connectivity index (χ0) is 24.3. The molecule has 0 fully saturated rings. The second kappa shape index (κ2) is 12.6. The number of hydrogen-bond donors (Lipinski definition) is 3. The van der Waals surface area contributed by atoms with Crippen LogP contribution in [0.25, 0.3) is 0 Å². The van der Waals surface area contributed by atoms with Crippen LogP contribution in [0.5, 0.6) is 0 Å². The summed E-state index contributed by atoms with van der Waals surface area (Å²) in [7, 11) is 1.61. The van der Waals surface area contributed by atoms with Gasteiger partial charge in [0.1, 0.15) is 0 Å². The number of benzene rings is 2. The van der Waals surface area contributed by atoms with Crippen molar-refractivity contribution in [3.63, 3.8) is 0 Å². The number of carbonyl (C=O) groups excluding carboxylic acids is 1. The summed E-state index contributed by atoms with van der Waals surface area (Å²) in [4.78, 5) is 24.1. The average Bonchev–Trinajstić information content (AvgIpc) is 3.34. The predicted octanol–water partition coefficient (Wildman–Crippen LogP) is 5.74. The summed E-state index contributed by atoms with van der Waals surface area (Å²) in [6, 6.07) is 14.1. The van der Waals surface area contributed by atoms with E-state index < -0.39 is 0 Å². The summed E-state index contributed by atoms with van der Waals surface area (Å²) in [6.07, 6.45) is 8.61. The van der Waals surface area contributed by atoms with Gasteiger partial charge in [-0.1, -0.05) is 32.0 Å². The second-order valence-electron chi connectivity index (χ2n) is 7.47. The number of fused-ring (bicyclic) bond motifs is 1. The molecule has 0 aliphatic carbocycles. The van der Waals surface area contributed by atoms with Gasteiger partial charge in [0, 0.05) is 52.4 Å². The number of rotatable bonds is 6. The lowest BCUT2D eigenvalue weighted by Gasteiger charge is -2.28. The van der Waals surface area contributed by atoms with E-state index >= 15 is 0 Å². The highest BCUT2D eigenvalue weighted by Crippen LogP contribution is 2.30. The zero-order valence-corrected chi connectivity index (χ0v) is 20.7. The fourth-order valence-electron chi connectivity index (χ4n) is 3.60. The van der Waals surface area contributed by atoms with Crippen LogP contribution in [0.1, 0.15) is 38.3 Å². The first-order valence-corrected chi connectivity index (χ1v) is 12.3. The molecule has 0 atom stereocenters. The molecule has 1 aliphatic rings. The van der Waals surface area contributed by atoms with Crippen LogP contribution in [0.15, 0.2) is 65.9 Å². The minimum Gasteiger partial charge on any atom is -0.405 e. The highest BCUT2D eigenvalue weighted by Gasteiger charge is 2.19. The largest absolute Gasteiger partial charge is 0.405 e. The first-order chi connectivity index (χ1) is 16.6. The van der Waals surface area contributed by atoms with Crippen molar-refractivity contribution in [1.29, 1.82) is 0 Å². The van der Waals surface area contributed by atoms with E-state index in [2.05, 4.69) is 49.8 Å². The Hall–Kier alpha value is -3.65. The number of hydrogen-bond acceptors (Lipinski definition) is 6. The molecular weight excluding hydrogens is 444 g/mol. The van der Waals surface area contributed by atoms with E-state index in [0.717, 1.165) is 42.4 Å². The number of nitrogens with one attached hydrogen (secondary N) is 2. The van der Waals surface area contributed by atoms with Crippen LogP contribution in [0.3, 0.4) is 0 Å². The molecule has 0 bridgehead atoms. The lowest BCUT2D eigenvalue weighted by Crippen LogP contribution is -2.30. The first kappa shape index (κ1) is 25.0. The Labute approximate surface area is 208 Å². The number of nitrogens with zero attached hydrogens (tertiary/aromatic N) is 3. The molecule has 0 saturated heterocycles. The van der Waals surface area contributed by atoms with Gasteiger partial charge in [-0.3, -0.25) is 4.99 Å². The van der Waals surface area contributed by atoms with Gasteiger partial charge >= 0.3 is 6.03 Å². The summed E-state index contributed by atoms with van der Waals surface area (Å²) >= 11 is 1.73. The summed E-state index contributed by atoms with van der Waals surface area (Å²) in [5.74, 6) is 0. The molecule has 0 spiro atoms. The molecule has 2 aromatic carbocycles. The molecule has 2 heterocycles.